The Labute approximate surface area is 54.9 Å². The van der Waals surface area contributed by atoms with Crippen LogP contribution in [0.15, 0.2) is 12.2 Å². The normalized spacial score (nSPS) is 12.7. The molecular formula is C4H10N2O2S. The molecule has 0 radical (unpaired) electrons. The van der Waals surface area contributed by atoms with Gasteiger partial charge in [0, 0.05) is 6.54 Å². The van der Waals surface area contributed by atoms with E-state index in [1.165, 1.54) is 0 Å². The first-order valence-electron chi connectivity index (χ1n) is 2.45. The molecule has 0 unspecified atom stereocenters. The summed E-state index contributed by atoms with van der Waals surface area (Å²) in [6, 6.07) is 0. The monoisotopic (exact) mass is 150 g/mol. The Kier molecular flexibility index (Phi) is 3.44. The van der Waals surface area contributed by atoms with Crippen molar-refractivity contribution in [3.63, 3.8) is 0 Å². The predicted octanol–water partition coefficient (Wildman–Crippen LogP) is -0.644. The Bertz CT molecular complexity index is 183. The van der Waals surface area contributed by atoms with Crippen molar-refractivity contribution in [1.82, 2.24) is 4.72 Å². The van der Waals surface area contributed by atoms with Crippen LogP contribution in [0.3, 0.4) is 0 Å². The van der Waals surface area contributed by atoms with Crippen molar-refractivity contribution in [3.05, 3.63) is 12.2 Å². The smallest absolute Gasteiger partial charge is 0.216 e. The average molecular weight is 150 g/mol. The standard InChI is InChI=1S/C4H10N2O2S/c1-2-3-4-6-9(5,7)8/h2-3,6H,4H2,1H3,(H2,5,7,8). The van der Waals surface area contributed by atoms with Gasteiger partial charge in [0.1, 0.15) is 0 Å². The molecule has 0 amide bonds. The maximum atomic E-state index is 10.1. The maximum absolute atomic E-state index is 10.1. The Morgan fingerprint density at radius 3 is 2.56 bits per heavy atom. The zero-order valence-corrected chi connectivity index (χ0v) is 5.98. The minimum Gasteiger partial charge on any atom is -0.216 e. The minimum atomic E-state index is -3.50. The molecule has 5 heteroatoms. The van der Waals surface area contributed by atoms with Gasteiger partial charge in [-0.05, 0) is 6.92 Å². The van der Waals surface area contributed by atoms with E-state index in [0.717, 1.165) is 0 Å². The summed E-state index contributed by atoms with van der Waals surface area (Å²) >= 11 is 0. The van der Waals surface area contributed by atoms with Crippen molar-refractivity contribution in [2.24, 2.45) is 5.14 Å². The lowest BCUT2D eigenvalue weighted by Gasteiger charge is -1.93. The Morgan fingerprint density at radius 1 is 1.67 bits per heavy atom. The van der Waals surface area contributed by atoms with E-state index in [-0.39, 0.29) is 6.54 Å². The molecule has 0 aromatic rings. The molecule has 0 saturated heterocycles. The SMILES string of the molecule is CC=CCNS(N)(=O)=O. The summed E-state index contributed by atoms with van der Waals surface area (Å²) in [5, 5.41) is 4.60. The number of allylic oxidation sites excluding steroid dienone is 1. The van der Waals surface area contributed by atoms with Crippen molar-refractivity contribution in [2.75, 3.05) is 6.54 Å². The molecular weight excluding hydrogens is 140 g/mol. The fourth-order valence-corrected chi connectivity index (χ4v) is 0.611. The fourth-order valence-electron chi connectivity index (χ4n) is 0.282. The van der Waals surface area contributed by atoms with E-state index in [9.17, 15) is 8.42 Å². The number of nitrogens with two attached hydrogens (primary N) is 1. The van der Waals surface area contributed by atoms with E-state index >= 15 is 0 Å². The first-order valence-corrected chi connectivity index (χ1v) is 3.99. The van der Waals surface area contributed by atoms with Crippen molar-refractivity contribution < 1.29 is 8.42 Å². The van der Waals surface area contributed by atoms with Crippen LogP contribution in [-0.4, -0.2) is 15.0 Å². The number of rotatable bonds is 3. The summed E-state index contributed by atoms with van der Waals surface area (Å²) in [6.45, 7) is 2.06. The lowest BCUT2D eigenvalue weighted by molar-refractivity contribution is 0.587. The third-order valence-corrected chi connectivity index (χ3v) is 1.21. The van der Waals surface area contributed by atoms with Crippen LogP contribution in [0.2, 0.25) is 0 Å². The first kappa shape index (κ1) is 8.61. The summed E-state index contributed by atoms with van der Waals surface area (Å²) in [5.41, 5.74) is 0. The van der Waals surface area contributed by atoms with Gasteiger partial charge in [-0.3, -0.25) is 0 Å². The Hall–Kier alpha value is -0.390. The molecule has 0 spiro atoms. The summed E-state index contributed by atoms with van der Waals surface area (Å²) in [4.78, 5) is 0. The molecule has 0 aliphatic rings. The van der Waals surface area contributed by atoms with Crippen molar-refractivity contribution in [3.8, 4) is 0 Å². The second-order valence-electron chi connectivity index (χ2n) is 1.46. The van der Waals surface area contributed by atoms with Crippen LogP contribution in [-0.2, 0) is 10.2 Å². The second-order valence-corrected chi connectivity index (χ2v) is 2.84. The summed E-state index contributed by atoms with van der Waals surface area (Å²) in [5.74, 6) is 0. The van der Waals surface area contributed by atoms with Crippen LogP contribution in [0.1, 0.15) is 6.92 Å². The topological polar surface area (TPSA) is 72.2 Å². The predicted molar refractivity (Wildman–Crippen MR) is 35.9 cm³/mol. The van der Waals surface area contributed by atoms with Gasteiger partial charge in [-0.1, -0.05) is 12.2 Å². The summed E-state index contributed by atoms with van der Waals surface area (Å²) in [7, 11) is -3.50. The van der Waals surface area contributed by atoms with Gasteiger partial charge in [0.15, 0.2) is 0 Å². The summed E-state index contributed by atoms with van der Waals surface area (Å²) < 4.78 is 22.4. The molecule has 0 atom stereocenters. The fraction of sp³-hybridized carbons (Fsp3) is 0.500. The molecule has 0 aliphatic heterocycles. The van der Waals surface area contributed by atoms with Crippen LogP contribution in [0.25, 0.3) is 0 Å². The largest absolute Gasteiger partial charge is 0.274 e. The van der Waals surface area contributed by atoms with Crippen LogP contribution in [0, 0.1) is 0 Å². The number of nitrogens with one attached hydrogen (secondary N) is 1. The first-order chi connectivity index (χ1) is 4.06. The molecule has 3 N–H and O–H groups in total. The lowest BCUT2D eigenvalue weighted by Crippen LogP contribution is -2.30. The molecule has 0 rings (SSSR count). The average Bonchev–Trinajstić information content (AvgIpc) is 1.63. The molecule has 0 aromatic heterocycles. The quantitative estimate of drug-likeness (QED) is 0.525. The van der Waals surface area contributed by atoms with E-state index in [4.69, 9.17) is 0 Å². The highest BCUT2D eigenvalue weighted by atomic mass is 32.2. The molecule has 0 heterocycles. The third kappa shape index (κ3) is 7.61. The zero-order chi connectivity index (χ0) is 7.33. The molecule has 0 bridgehead atoms. The molecule has 4 nitrogen and oxygen atoms in total. The highest BCUT2D eigenvalue weighted by Crippen LogP contribution is 1.69. The highest BCUT2D eigenvalue weighted by molar-refractivity contribution is 7.87. The third-order valence-electron chi connectivity index (χ3n) is 0.638. The van der Waals surface area contributed by atoms with Gasteiger partial charge >= 0.3 is 0 Å². The van der Waals surface area contributed by atoms with Crippen LogP contribution < -0.4 is 9.86 Å². The van der Waals surface area contributed by atoms with Crippen LogP contribution >= 0.6 is 0 Å². The molecule has 0 aromatic carbocycles. The molecule has 0 saturated carbocycles. The number of hydrogen-bond acceptors (Lipinski definition) is 2. The van der Waals surface area contributed by atoms with Gasteiger partial charge in [0.25, 0.3) is 10.2 Å². The van der Waals surface area contributed by atoms with Crippen molar-refractivity contribution in [1.29, 1.82) is 0 Å². The summed E-state index contributed by atoms with van der Waals surface area (Å²) in [6.07, 6.45) is 3.39. The molecule has 0 fully saturated rings. The minimum absolute atomic E-state index is 0.259. The molecule has 54 valence electrons. The van der Waals surface area contributed by atoms with Crippen LogP contribution in [0.4, 0.5) is 0 Å². The van der Waals surface area contributed by atoms with Gasteiger partial charge < -0.3 is 0 Å². The van der Waals surface area contributed by atoms with Gasteiger partial charge in [-0.25, -0.2) is 5.14 Å². The van der Waals surface area contributed by atoms with Crippen LogP contribution in [0.5, 0.6) is 0 Å². The number of hydrogen-bond donors (Lipinski definition) is 2. The maximum Gasteiger partial charge on any atom is 0.274 e. The van der Waals surface area contributed by atoms with E-state index < -0.39 is 10.2 Å². The lowest BCUT2D eigenvalue weighted by atomic mass is 10.5. The Morgan fingerprint density at radius 2 is 2.22 bits per heavy atom. The van der Waals surface area contributed by atoms with Gasteiger partial charge in [0.2, 0.25) is 0 Å². The second kappa shape index (κ2) is 3.60. The van der Waals surface area contributed by atoms with E-state index in [0.29, 0.717) is 0 Å². The van der Waals surface area contributed by atoms with Crippen molar-refractivity contribution >= 4 is 10.2 Å². The highest BCUT2D eigenvalue weighted by Gasteiger charge is 1.94. The van der Waals surface area contributed by atoms with Gasteiger partial charge in [-0.2, -0.15) is 13.1 Å². The van der Waals surface area contributed by atoms with Crippen molar-refractivity contribution in [2.45, 2.75) is 6.92 Å². The van der Waals surface area contributed by atoms with Gasteiger partial charge in [-0.15, -0.1) is 0 Å². The van der Waals surface area contributed by atoms with E-state index in [1.54, 1.807) is 19.1 Å². The van der Waals surface area contributed by atoms with Gasteiger partial charge in [0.05, 0.1) is 0 Å². The van der Waals surface area contributed by atoms with E-state index in [1.807, 2.05) is 0 Å². The van der Waals surface area contributed by atoms with E-state index in [2.05, 4.69) is 9.86 Å². The molecule has 9 heavy (non-hydrogen) atoms. The molecule has 0 aliphatic carbocycles. The Balaban J connectivity index is 3.53. The zero-order valence-electron chi connectivity index (χ0n) is 5.16.